The number of carboxylic acids is 1. The number of rotatable bonds is 3. The first-order valence-corrected chi connectivity index (χ1v) is 6.61. The average molecular weight is 263 g/mol. The number of aromatic carboxylic acids is 1. The first-order chi connectivity index (χ1) is 9.02. The second-order valence-electron chi connectivity index (χ2n) is 5.07. The molecule has 1 unspecified atom stereocenters. The van der Waals surface area contributed by atoms with Crippen molar-refractivity contribution in [2.24, 2.45) is 0 Å². The fourth-order valence-corrected chi connectivity index (χ4v) is 2.61. The van der Waals surface area contributed by atoms with E-state index in [1.165, 1.54) is 6.07 Å². The van der Waals surface area contributed by atoms with Gasteiger partial charge in [0.25, 0.3) is 0 Å². The highest BCUT2D eigenvalue weighted by Gasteiger charge is 2.25. The zero-order valence-corrected chi connectivity index (χ0v) is 11.5. The van der Waals surface area contributed by atoms with Gasteiger partial charge in [-0.3, -0.25) is 4.90 Å². The molecular weight excluding hydrogens is 242 g/mol. The fourth-order valence-electron chi connectivity index (χ4n) is 2.61. The molecule has 104 valence electrons. The number of nitrogens with zero attached hydrogens (tertiary/aromatic N) is 2. The van der Waals surface area contributed by atoms with Gasteiger partial charge in [0.2, 0.25) is 0 Å². The molecule has 0 saturated carbocycles. The van der Waals surface area contributed by atoms with Crippen LogP contribution >= 0.6 is 0 Å². The number of nitrogens with two attached hydrogens (primary N) is 1. The van der Waals surface area contributed by atoms with Crippen molar-refractivity contribution in [3.8, 4) is 0 Å². The molecule has 2 rings (SSSR count). The van der Waals surface area contributed by atoms with Crippen LogP contribution in [0.15, 0.2) is 18.2 Å². The summed E-state index contributed by atoms with van der Waals surface area (Å²) < 4.78 is 0. The minimum Gasteiger partial charge on any atom is -0.478 e. The lowest BCUT2D eigenvalue weighted by Crippen LogP contribution is -2.51. The fraction of sp³-hybridized carbons (Fsp3) is 0.500. The highest BCUT2D eigenvalue weighted by Crippen LogP contribution is 2.26. The van der Waals surface area contributed by atoms with E-state index in [1.807, 2.05) is 6.07 Å². The van der Waals surface area contributed by atoms with Crippen molar-refractivity contribution in [3.63, 3.8) is 0 Å². The third kappa shape index (κ3) is 2.81. The summed E-state index contributed by atoms with van der Waals surface area (Å²) in [6.45, 7) is 4.81. The Hall–Kier alpha value is -1.75. The number of hydrogen-bond acceptors (Lipinski definition) is 4. The third-order valence-corrected chi connectivity index (χ3v) is 3.84. The van der Waals surface area contributed by atoms with Crippen LogP contribution in [-0.4, -0.2) is 48.7 Å². The minimum atomic E-state index is -0.922. The molecule has 1 heterocycles. The lowest BCUT2D eigenvalue weighted by molar-refractivity contribution is 0.0697. The van der Waals surface area contributed by atoms with Crippen LogP contribution < -0.4 is 10.6 Å². The van der Waals surface area contributed by atoms with Crippen molar-refractivity contribution in [3.05, 3.63) is 23.8 Å². The summed E-state index contributed by atoms with van der Waals surface area (Å²) in [5.74, 6) is -0.922. The van der Waals surface area contributed by atoms with Gasteiger partial charge in [0.15, 0.2) is 0 Å². The van der Waals surface area contributed by atoms with E-state index in [1.54, 1.807) is 6.07 Å². The molecule has 5 nitrogen and oxygen atoms in total. The standard InChI is InChI=1S/C14H21N3O2/c1-3-11-9-17(7-6-16(11)2)13-5-4-10(15)8-12(13)14(18)19/h4-5,8,11H,3,6-7,9,15H2,1-2H3,(H,18,19). The van der Waals surface area contributed by atoms with Crippen molar-refractivity contribution >= 4 is 17.3 Å². The first kappa shape index (κ1) is 13.7. The van der Waals surface area contributed by atoms with Crippen molar-refractivity contribution in [1.82, 2.24) is 4.90 Å². The normalized spacial score (nSPS) is 20.5. The van der Waals surface area contributed by atoms with Crippen LogP contribution in [0.25, 0.3) is 0 Å². The summed E-state index contributed by atoms with van der Waals surface area (Å²) in [5, 5.41) is 9.30. The number of likely N-dealkylation sites (N-methyl/N-ethyl adjacent to an activating group) is 1. The summed E-state index contributed by atoms with van der Waals surface area (Å²) in [6.07, 6.45) is 1.06. The van der Waals surface area contributed by atoms with Gasteiger partial charge < -0.3 is 15.7 Å². The Morgan fingerprint density at radius 3 is 2.84 bits per heavy atom. The van der Waals surface area contributed by atoms with E-state index in [0.29, 0.717) is 17.3 Å². The number of hydrogen-bond donors (Lipinski definition) is 2. The van der Waals surface area contributed by atoms with E-state index >= 15 is 0 Å². The second-order valence-corrected chi connectivity index (χ2v) is 5.07. The molecule has 0 spiro atoms. The summed E-state index contributed by atoms with van der Waals surface area (Å²) >= 11 is 0. The lowest BCUT2D eigenvalue weighted by atomic mass is 10.1. The summed E-state index contributed by atoms with van der Waals surface area (Å²) in [7, 11) is 2.12. The van der Waals surface area contributed by atoms with Gasteiger partial charge in [0.1, 0.15) is 0 Å². The maximum absolute atomic E-state index is 11.3. The molecule has 0 aliphatic carbocycles. The molecule has 3 N–H and O–H groups in total. The molecule has 0 amide bonds. The Labute approximate surface area is 113 Å². The summed E-state index contributed by atoms with van der Waals surface area (Å²) in [4.78, 5) is 15.8. The number of carboxylic acid groups (broad SMARTS) is 1. The number of carbonyl (C=O) groups is 1. The summed E-state index contributed by atoms with van der Waals surface area (Å²) in [5.41, 5.74) is 7.23. The van der Waals surface area contributed by atoms with Gasteiger partial charge in [-0.05, 0) is 31.7 Å². The van der Waals surface area contributed by atoms with Gasteiger partial charge in [-0.25, -0.2) is 4.79 Å². The predicted octanol–water partition coefficient (Wildman–Crippen LogP) is 1.50. The second kappa shape index (κ2) is 5.48. The van der Waals surface area contributed by atoms with Crippen LogP contribution in [0.5, 0.6) is 0 Å². The van der Waals surface area contributed by atoms with Crippen LogP contribution in [0.2, 0.25) is 0 Å². The van der Waals surface area contributed by atoms with Crippen LogP contribution in [0.1, 0.15) is 23.7 Å². The summed E-state index contributed by atoms with van der Waals surface area (Å²) in [6, 6.07) is 5.59. The third-order valence-electron chi connectivity index (χ3n) is 3.84. The predicted molar refractivity (Wildman–Crippen MR) is 76.7 cm³/mol. The molecule has 1 atom stereocenters. The molecule has 19 heavy (non-hydrogen) atoms. The van der Waals surface area contributed by atoms with Gasteiger partial charge in [0.05, 0.1) is 11.3 Å². The largest absolute Gasteiger partial charge is 0.478 e. The number of benzene rings is 1. The Balaban J connectivity index is 2.29. The molecule has 0 radical (unpaired) electrons. The van der Waals surface area contributed by atoms with E-state index < -0.39 is 5.97 Å². The van der Waals surface area contributed by atoms with Crippen LogP contribution in [0.4, 0.5) is 11.4 Å². The van der Waals surface area contributed by atoms with Gasteiger partial charge in [-0.2, -0.15) is 0 Å². The van der Waals surface area contributed by atoms with Gasteiger partial charge in [-0.15, -0.1) is 0 Å². The van der Waals surface area contributed by atoms with Crippen LogP contribution in [0, 0.1) is 0 Å². The van der Waals surface area contributed by atoms with Crippen molar-refractivity contribution in [2.45, 2.75) is 19.4 Å². The molecule has 1 fully saturated rings. The van der Waals surface area contributed by atoms with E-state index in [0.717, 1.165) is 31.7 Å². The molecule has 1 aliphatic heterocycles. The number of anilines is 2. The molecule has 1 aliphatic rings. The molecule has 1 aromatic carbocycles. The van der Waals surface area contributed by atoms with Crippen molar-refractivity contribution < 1.29 is 9.90 Å². The van der Waals surface area contributed by atoms with Crippen LogP contribution in [-0.2, 0) is 0 Å². The van der Waals surface area contributed by atoms with E-state index in [9.17, 15) is 9.90 Å². The molecule has 0 bridgehead atoms. The minimum absolute atomic E-state index is 0.291. The van der Waals surface area contributed by atoms with Crippen molar-refractivity contribution in [2.75, 3.05) is 37.3 Å². The average Bonchev–Trinajstić information content (AvgIpc) is 2.39. The highest BCUT2D eigenvalue weighted by atomic mass is 16.4. The monoisotopic (exact) mass is 263 g/mol. The van der Waals surface area contributed by atoms with Crippen LogP contribution in [0.3, 0.4) is 0 Å². The van der Waals surface area contributed by atoms with E-state index in [-0.39, 0.29) is 0 Å². The maximum atomic E-state index is 11.3. The Morgan fingerprint density at radius 2 is 2.21 bits per heavy atom. The number of piperazine rings is 1. The molecule has 1 saturated heterocycles. The smallest absolute Gasteiger partial charge is 0.337 e. The van der Waals surface area contributed by atoms with E-state index in [2.05, 4.69) is 23.8 Å². The zero-order chi connectivity index (χ0) is 14.0. The molecular formula is C14H21N3O2. The number of nitrogen functional groups attached to an aromatic ring is 1. The van der Waals surface area contributed by atoms with Gasteiger partial charge in [-0.1, -0.05) is 6.92 Å². The molecule has 5 heteroatoms. The Morgan fingerprint density at radius 1 is 1.47 bits per heavy atom. The Bertz CT molecular complexity index is 476. The van der Waals surface area contributed by atoms with Gasteiger partial charge >= 0.3 is 5.97 Å². The lowest BCUT2D eigenvalue weighted by Gasteiger charge is -2.40. The SMILES string of the molecule is CCC1CN(c2ccc(N)cc2C(=O)O)CCN1C. The maximum Gasteiger partial charge on any atom is 0.337 e. The Kier molecular flexibility index (Phi) is 3.95. The molecule has 1 aromatic rings. The van der Waals surface area contributed by atoms with Crippen molar-refractivity contribution in [1.29, 1.82) is 0 Å². The quantitative estimate of drug-likeness (QED) is 0.809. The first-order valence-electron chi connectivity index (χ1n) is 6.61. The topological polar surface area (TPSA) is 69.8 Å². The highest BCUT2D eigenvalue weighted by molar-refractivity contribution is 5.95. The van der Waals surface area contributed by atoms with E-state index in [4.69, 9.17) is 5.73 Å². The molecule has 0 aromatic heterocycles. The zero-order valence-electron chi connectivity index (χ0n) is 11.5. The van der Waals surface area contributed by atoms with Gasteiger partial charge in [0, 0.05) is 31.4 Å².